The molecule has 1 fully saturated rings. The molecule has 1 atom stereocenters. The highest BCUT2D eigenvalue weighted by Gasteiger charge is 2.35. The highest BCUT2D eigenvalue weighted by Crippen LogP contribution is 2.32. The van der Waals surface area contributed by atoms with Gasteiger partial charge in [-0.05, 0) is 37.9 Å². The third-order valence-electron chi connectivity index (χ3n) is 4.00. The van der Waals surface area contributed by atoms with Crippen LogP contribution in [0.4, 0.5) is 5.69 Å². The van der Waals surface area contributed by atoms with E-state index in [0.29, 0.717) is 12.2 Å². The minimum Gasteiger partial charge on any atom is -0.383 e. The van der Waals surface area contributed by atoms with Crippen LogP contribution < -0.4 is 10.0 Å². The quantitative estimate of drug-likeness (QED) is 0.551. The van der Waals surface area contributed by atoms with Crippen LogP contribution in [0, 0.1) is 17.0 Å². The van der Waals surface area contributed by atoms with Crippen molar-refractivity contribution in [1.29, 1.82) is 0 Å². The van der Waals surface area contributed by atoms with Crippen molar-refractivity contribution < 1.29 is 18.1 Å². The van der Waals surface area contributed by atoms with Crippen LogP contribution in [0.2, 0.25) is 5.02 Å². The van der Waals surface area contributed by atoms with Gasteiger partial charge in [-0.15, -0.1) is 0 Å². The molecular formula is C14H20ClN3O5S. The van der Waals surface area contributed by atoms with Crippen LogP contribution >= 0.6 is 11.6 Å². The molecule has 1 aliphatic heterocycles. The number of sulfonamides is 1. The minimum absolute atomic E-state index is 0.112. The molecule has 8 nitrogen and oxygen atoms in total. The summed E-state index contributed by atoms with van der Waals surface area (Å²) in [5.41, 5.74) is -0.468. The van der Waals surface area contributed by atoms with Gasteiger partial charge >= 0.3 is 0 Å². The van der Waals surface area contributed by atoms with Crippen LogP contribution in [-0.4, -0.2) is 45.7 Å². The highest BCUT2D eigenvalue weighted by atomic mass is 35.5. The normalized spacial score (nSPS) is 21.1. The number of nitro groups is 1. The van der Waals surface area contributed by atoms with Crippen molar-refractivity contribution >= 4 is 27.3 Å². The second-order valence-electron chi connectivity index (χ2n) is 5.92. The van der Waals surface area contributed by atoms with Gasteiger partial charge < -0.3 is 10.1 Å². The molecular weight excluding hydrogens is 358 g/mol. The van der Waals surface area contributed by atoms with Gasteiger partial charge in [0.2, 0.25) is 10.0 Å². The summed E-state index contributed by atoms with van der Waals surface area (Å²) in [5, 5.41) is 13.9. The number of halogens is 1. The second-order valence-corrected chi connectivity index (χ2v) is 8.03. The lowest BCUT2D eigenvalue weighted by Gasteiger charge is -2.28. The Morgan fingerprint density at radius 1 is 1.50 bits per heavy atom. The monoisotopic (exact) mass is 377 g/mol. The summed E-state index contributed by atoms with van der Waals surface area (Å²) in [7, 11) is -2.44. The third kappa shape index (κ3) is 4.04. The Morgan fingerprint density at radius 3 is 2.75 bits per heavy atom. The van der Waals surface area contributed by atoms with Gasteiger partial charge in [0.1, 0.15) is 9.92 Å². The first-order valence-electron chi connectivity index (χ1n) is 7.39. The van der Waals surface area contributed by atoms with Crippen molar-refractivity contribution in [3.05, 3.63) is 32.8 Å². The summed E-state index contributed by atoms with van der Waals surface area (Å²) in [5.74, 6) is 0. The fraction of sp³-hybridized carbons (Fsp3) is 0.571. The first kappa shape index (κ1) is 19.1. The van der Waals surface area contributed by atoms with Gasteiger partial charge in [-0.25, -0.2) is 13.1 Å². The molecule has 0 saturated carbocycles. The molecule has 0 aliphatic carbocycles. The summed E-state index contributed by atoms with van der Waals surface area (Å²) in [6.45, 7) is 2.83. The zero-order chi connectivity index (χ0) is 18.0. The molecule has 24 heavy (non-hydrogen) atoms. The molecule has 1 aliphatic rings. The molecule has 1 saturated heterocycles. The lowest BCUT2D eigenvalue weighted by atomic mass is 9.99. The van der Waals surface area contributed by atoms with Gasteiger partial charge in [-0.1, -0.05) is 11.6 Å². The molecule has 0 radical (unpaired) electrons. The summed E-state index contributed by atoms with van der Waals surface area (Å²) < 4.78 is 32.9. The van der Waals surface area contributed by atoms with E-state index in [9.17, 15) is 18.5 Å². The average Bonchev–Trinajstić information content (AvgIpc) is 2.96. The smallest absolute Gasteiger partial charge is 0.289 e. The molecule has 0 bridgehead atoms. The highest BCUT2D eigenvalue weighted by molar-refractivity contribution is 7.89. The van der Waals surface area contributed by atoms with Crippen molar-refractivity contribution in [2.24, 2.45) is 0 Å². The van der Waals surface area contributed by atoms with Crippen molar-refractivity contribution in [2.45, 2.75) is 30.2 Å². The SMILES string of the molecule is COCC1(CNS(=O)(=O)c2cc(C)cc([N+](=O)[O-])c2Cl)CCCN1. The third-order valence-corrected chi connectivity index (χ3v) is 5.94. The van der Waals surface area contributed by atoms with E-state index in [2.05, 4.69) is 10.0 Å². The van der Waals surface area contributed by atoms with E-state index in [1.807, 2.05) is 0 Å². The van der Waals surface area contributed by atoms with E-state index in [1.165, 1.54) is 12.1 Å². The molecule has 10 heteroatoms. The Bertz CT molecular complexity index is 732. The number of nitrogens with zero attached hydrogens (tertiary/aromatic N) is 1. The van der Waals surface area contributed by atoms with Gasteiger partial charge in [0.15, 0.2) is 0 Å². The van der Waals surface area contributed by atoms with Gasteiger partial charge in [0.05, 0.1) is 17.1 Å². The van der Waals surface area contributed by atoms with Crippen LogP contribution in [0.3, 0.4) is 0 Å². The van der Waals surface area contributed by atoms with Crippen LogP contribution in [0.25, 0.3) is 0 Å². The number of aryl methyl sites for hydroxylation is 1. The van der Waals surface area contributed by atoms with Crippen LogP contribution in [0.5, 0.6) is 0 Å². The first-order valence-corrected chi connectivity index (χ1v) is 9.25. The number of rotatable bonds is 7. The average molecular weight is 378 g/mol. The van der Waals surface area contributed by atoms with Gasteiger partial charge in [-0.3, -0.25) is 10.1 Å². The number of hydrogen-bond acceptors (Lipinski definition) is 6. The van der Waals surface area contributed by atoms with Crippen LogP contribution in [0.15, 0.2) is 17.0 Å². The lowest BCUT2D eigenvalue weighted by Crippen LogP contribution is -2.52. The Hall–Kier alpha value is -1.26. The Balaban J connectivity index is 2.29. The zero-order valence-electron chi connectivity index (χ0n) is 13.5. The van der Waals surface area contributed by atoms with E-state index >= 15 is 0 Å². The molecule has 1 heterocycles. The fourth-order valence-corrected chi connectivity index (χ4v) is 4.61. The number of nitrogens with one attached hydrogen (secondary N) is 2. The van der Waals surface area contributed by atoms with Gasteiger partial charge in [0, 0.05) is 19.7 Å². The van der Waals surface area contributed by atoms with E-state index in [-0.39, 0.29) is 11.4 Å². The van der Waals surface area contributed by atoms with Gasteiger partial charge in [-0.2, -0.15) is 0 Å². The van der Waals surface area contributed by atoms with Crippen molar-refractivity contribution in [3.63, 3.8) is 0 Å². The zero-order valence-corrected chi connectivity index (χ0v) is 15.0. The summed E-state index contributed by atoms with van der Waals surface area (Å²) in [6.07, 6.45) is 1.69. The molecule has 1 unspecified atom stereocenters. The predicted octanol–water partition coefficient (Wildman–Crippen LogP) is 1.60. The molecule has 1 aromatic carbocycles. The Kier molecular flexibility index (Phi) is 5.82. The number of hydrogen-bond donors (Lipinski definition) is 2. The Labute approximate surface area is 145 Å². The summed E-state index contributed by atoms with van der Waals surface area (Å²) in [6, 6.07) is 2.56. The van der Waals surface area contributed by atoms with Crippen molar-refractivity contribution in [3.8, 4) is 0 Å². The van der Waals surface area contributed by atoms with Gasteiger partial charge in [0.25, 0.3) is 5.69 Å². The summed E-state index contributed by atoms with van der Waals surface area (Å²) >= 11 is 5.95. The topological polar surface area (TPSA) is 111 Å². The molecule has 0 aromatic heterocycles. The van der Waals surface area contributed by atoms with Crippen molar-refractivity contribution in [1.82, 2.24) is 10.0 Å². The number of nitro benzene ring substituents is 1. The predicted molar refractivity (Wildman–Crippen MR) is 89.9 cm³/mol. The molecule has 0 amide bonds. The number of ether oxygens (including phenoxy) is 1. The van der Waals surface area contributed by atoms with E-state index in [0.717, 1.165) is 19.4 Å². The minimum atomic E-state index is -4.00. The molecule has 1 aromatic rings. The fourth-order valence-electron chi connectivity index (χ4n) is 2.83. The largest absolute Gasteiger partial charge is 0.383 e. The van der Waals surface area contributed by atoms with Crippen LogP contribution in [-0.2, 0) is 14.8 Å². The maximum Gasteiger partial charge on any atom is 0.289 e. The number of methoxy groups -OCH3 is 1. The van der Waals surface area contributed by atoms with E-state index in [1.54, 1.807) is 14.0 Å². The number of benzene rings is 1. The summed E-state index contributed by atoms with van der Waals surface area (Å²) in [4.78, 5) is 10.1. The molecule has 2 N–H and O–H groups in total. The standard InChI is InChI=1S/C14H20ClN3O5S/c1-10-6-11(18(19)20)13(15)12(7-10)24(21,22)17-8-14(9-23-2)4-3-5-16-14/h6-7,16-17H,3-5,8-9H2,1-2H3. The molecule has 0 spiro atoms. The van der Waals surface area contributed by atoms with Crippen molar-refractivity contribution in [2.75, 3.05) is 26.8 Å². The molecule has 2 rings (SSSR count). The van der Waals surface area contributed by atoms with Crippen LogP contribution in [0.1, 0.15) is 18.4 Å². The first-order chi connectivity index (χ1) is 11.2. The molecule has 134 valence electrons. The maximum absolute atomic E-state index is 12.6. The Morgan fingerprint density at radius 2 is 2.21 bits per heavy atom. The second kappa shape index (κ2) is 7.32. The lowest BCUT2D eigenvalue weighted by molar-refractivity contribution is -0.385. The van der Waals surface area contributed by atoms with E-state index < -0.39 is 31.2 Å². The van der Waals surface area contributed by atoms with E-state index in [4.69, 9.17) is 16.3 Å². The maximum atomic E-state index is 12.6.